The minimum Gasteiger partial charge on any atom is -0.456 e. The van der Waals surface area contributed by atoms with Gasteiger partial charge >= 0.3 is 0 Å². The zero-order valence-corrected chi connectivity index (χ0v) is 25.1. The van der Waals surface area contributed by atoms with Crippen LogP contribution in [0.1, 0.15) is 0 Å². The van der Waals surface area contributed by atoms with Crippen LogP contribution in [0.15, 0.2) is 144 Å². The fourth-order valence-electron chi connectivity index (χ4n) is 6.75. The number of hydrogen-bond donors (Lipinski definition) is 0. The van der Waals surface area contributed by atoms with Crippen LogP contribution in [-0.4, -0.2) is 0 Å². The monoisotopic (exact) mass is 597 g/mol. The van der Waals surface area contributed by atoms with Crippen LogP contribution in [-0.2, 0) is 0 Å². The van der Waals surface area contributed by atoms with Crippen molar-refractivity contribution in [1.82, 2.24) is 0 Å². The number of thiophene rings is 2. The zero-order chi connectivity index (χ0) is 28.8. The van der Waals surface area contributed by atoms with E-state index in [1.54, 1.807) is 0 Å². The summed E-state index contributed by atoms with van der Waals surface area (Å²) in [5, 5.41) is 10.00. The van der Waals surface area contributed by atoms with Crippen LogP contribution in [0.25, 0.3) is 73.1 Å². The highest BCUT2D eigenvalue weighted by Gasteiger charge is 2.18. The Morgan fingerprint density at radius 1 is 0.364 bits per heavy atom. The van der Waals surface area contributed by atoms with E-state index in [9.17, 15) is 0 Å². The van der Waals surface area contributed by atoms with E-state index in [1.165, 1.54) is 51.1 Å². The average molecular weight is 598 g/mol. The standard InChI is InChI=1S/C40H23NOS2/c1-4-10-35-29(7-1)30-17-15-28(23-36(30)42-35)41(27-16-18-39-34(22-27)32-9-3-5-11-37(32)43-39)26-14-13-24-20-33-31-8-2-6-12-38(31)44-40(33)21-25(24)19-26/h1-23H. The summed E-state index contributed by atoms with van der Waals surface area (Å²) >= 11 is 3.72. The molecule has 0 aliphatic carbocycles. The van der Waals surface area contributed by atoms with Crippen molar-refractivity contribution in [3.63, 3.8) is 0 Å². The molecular formula is C40H23NOS2. The van der Waals surface area contributed by atoms with Crippen molar-refractivity contribution in [2.45, 2.75) is 0 Å². The largest absolute Gasteiger partial charge is 0.456 e. The van der Waals surface area contributed by atoms with Gasteiger partial charge in [0.05, 0.1) is 0 Å². The lowest BCUT2D eigenvalue weighted by Crippen LogP contribution is -2.09. The van der Waals surface area contributed by atoms with Crippen LogP contribution in [0, 0.1) is 0 Å². The smallest absolute Gasteiger partial charge is 0.137 e. The molecular weight excluding hydrogens is 575 g/mol. The molecule has 3 aromatic heterocycles. The lowest BCUT2D eigenvalue weighted by molar-refractivity contribution is 0.669. The van der Waals surface area contributed by atoms with Crippen LogP contribution < -0.4 is 4.90 Å². The van der Waals surface area contributed by atoms with Gasteiger partial charge in [0, 0.05) is 74.2 Å². The minimum atomic E-state index is 0.892. The third-order valence-electron chi connectivity index (χ3n) is 8.82. The number of rotatable bonds is 3. The molecule has 10 rings (SSSR count). The van der Waals surface area contributed by atoms with Gasteiger partial charge in [0.15, 0.2) is 0 Å². The van der Waals surface area contributed by atoms with Crippen molar-refractivity contribution >= 4 is 113 Å². The van der Waals surface area contributed by atoms with Crippen molar-refractivity contribution in [2.24, 2.45) is 0 Å². The molecule has 0 aliphatic rings. The topological polar surface area (TPSA) is 16.4 Å². The highest BCUT2D eigenvalue weighted by molar-refractivity contribution is 7.26. The van der Waals surface area contributed by atoms with Crippen LogP contribution in [0.2, 0.25) is 0 Å². The van der Waals surface area contributed by atoms with E-state index < -0.39 is 0 Å². The maximum atomic E-state index is 6.35. The van der Waals surface area contributed by atoms with E-state index in [4.69, 9.17) is 4.42 Å². The van der Waals surface area contributed by atoms with Gasteiger partial charge in [0.25, 0.3) is 0 Å². The summed E-state index contributed by atoms with van der Waals surface area (Å²) < 4.78 is 11.6. The molecule has 44 heavy (non-hydrogen) atoms. The van der Waals surface area contributed by atoms with Crippen LogP contribution in [0.4, 0.5) is 17.1 Å². The summed E-state index contributed by atoms with van der Waals surface area (Å²) in [6.07, 6.45) is 0. The van der Waals surface area contributed by atoms with Gasteiger partial charge in [-0.1, -0.05) is 60.7 Å². The third-order valence-corrected chi connectivity index (χ3v) is 11.1. The number of fused-ring (bicyclic) bond motifs is 10. The Hall–Kier alpha value is -5.16. The maximum absolute atomic E-state index is 6.35. The van der Waals surface area contributed by atoms with Gasteiger partial charge in [-0.05, 0) is 83.6 Å². The Morgan fingerprint density at radius 3 is 1.80 bits per heavy atom. The molecule has 0 atom stereocenters. The SMILES string of the molecule is c1ccc2c(c1)oc1cc(N(c3ccc4cc5c(cc4c3)sc3ccccc35)c3ccc4sc5ccccc5c4c3)ccc12. The molecule has 10 aromatic rings. The average Bonchev–Trinajstić information content (AvgIpc) is 3.74. The van der Waals surface area contributed by atoms with E-state index in [0.29, 0.717) is 0 Å². The molecule has 0 aliphatic heterocycles. The molecule has 0 amide bonds. The first-order chi connectivity index (χ1) is 21.8. The summed E-state index contributed by atoms with van der Waals surface area (Å²) in [6, 6.07) is 50.7. The quantitative estimate of drug-likeness (QED) is 0.201. The first-order valence-corrected chi connectivity index (χ1v) is 16.4. The molecule has 7 aromatic carbocycles. The van der Waals surface area contributed by atoms with E-state index >= 15 is 0 Å². The second kappa shape index (κ2) is 9.17. The molecule has 3 heterocycles. The number of anilines is 3. The van der Waals surface area contributed by atoms with E-state index in [0.717, 1.165) is 39.0 Å². The van der Waals surface area contributed by atoms with Crippen molar-refractivity contribution in [3.8, 4) is 0 Å². The number of furan rings is 1. The van der Waals surface area contributed by atoms with Crippen molar-refractivity contribution in [1.29, 1.82) is 0 Å². The zero-order valence-electron chi connectivity index (χ0n) is 23.5. The molecule has 4 heteroatoms. The Labute approximate surface area is 260 Å². The Balaban J connectivity index is 1.21. The van der Waals surface area contributed by atoms with E-state index in [1.807, 2.05) is 34.8 Å². The molecule has 0 unspecified atom stereocenters. The normalized spacial score (nSPS) is 12.1. The van der Waals surface area contributed by atoms with Gasteiger partial charge in [0.1, 0.15) is 11.2 Å². The van der Waals surface area contributed by atoms with E-state index in [-0.39, 0.29) is 0 Å². The van der Waals surface area contributed by atoms with Gasteiger partial charge in [-0.15, -0.1) is 22.7 Å². The Bertz CT molecular complexity index is 2750. The van der Waals surface area contributed by atoms with E-state index in [2.05, 4.69) is 132 Å². The van der Waals surface area contributed by atoms with Crippen molar-refractivity contribution in [3.05, 3.63) is 140 Å². The predicted molar refractivity (Wildman–Crippen MR) is 192 cm³/mol. The molecule has 206 valence electrons. The second-order valence-electron chi connectivity index (χ2n) is 11.4. The Kier molecular flexibility index (Phi) is 5.06. The lowest BCUT2D eigenvalue weighted by Gasteiger charge is -2.26. The minimum absolute atomic E-state index is 0.892. The van der Waals surface area contributed by atoms with Crippen molar-refractivity contribution < 1.29 is 4.42 Å². The molecule has 0 spiro atoms. The molecule has 0 saturated carbocycles. The van der Waals surface area contributed by atoms with Crippen molar-refractivity contribution in [2.75, 3.05) is 4.90 Å². The van der Waals surface area contributed by atoms with Gasteiger partial charge in [-0.3, -0.25) is 0 Å². The number of hydrogen-bond acceptors (Lipinski definition) is 4. The molecule has 2 nitrogen and oxygen atoms in total. The van der Waals surface area contributed by atoms with Crippen LogP contribution in [0.3, 0.4) is 0 Å². The summed E-state index contributed by atoms with van der Waals surface area (Å²) in [7, 11) is 0. The van der Waals surface area contributed by atoms with Gasteiger partial charge < -0.3 is 9.32 Å². The van der Waals surface area contributed by atoms with Gasteiger partial charge in [0.2, 0.25) is 0 Å². The summed E-state index contributed by atoms with van der Waals surface area (Å²) in [6.45, 7) is 0. The van der Waals surface area contributed by atoms with Crippen LogP contribution >= 0.6 is 22.7 Å². The first-order valence-electron chi connectivity index (χ1n) is 14.7. The molecule has 0 bridgehead atoms. The highest BCUT2D eigenvalue weighted by Crippen LogP contribution is 2.43. The number of nitrogens with zero attached hydrogens (tertiary/aromatic N) is 1. The molecule has 0 radical (unpaired) electrons. The fraction of sp³-hybridized carbons (Fsp3) is 0. The summed E-state index contributed by atoms with van der Waals surface area (Å²) in [5.41, 5.74) is 5.11. The number of para-hydroxylation sites is 1. The fourth-order valence-corrected chi connectivity index (χ4v) is 8.97. The highest BCUT2D eigenvalue weighted by atomic mass is 32.1. The summed E-state index contributed by atoms with van der Waals surface area (Å²) in [5.74, 6) is 0. The Morgan fingerprint density at radius 2 is 0.955 bits per heavy atom. The molecule has 0 N–H and O–H groups in total. The molecule has 0 fully saturated rings. The maximum Gasteiger partial charge on any atom is 0.137 e. The first kappa shape index (κ1) is 24.3. The molecule has 0 saturated heterocycles. The second-order valence-corrected chi connectivity index (χ2v) is 13.5. The predicted octanol–water partition coefficient (Wildman–Crippen LogP) is 12.9. The van der Waals surface area contributed by atoms with Gasteiger partial charge in [-0.25, -0.2) is 0 Å². The summed E-state index contributed by atoms with van der Waals surface area (Å²) in [4.78, 5) is 2.37. The van der Waals surface area contributed by atoms with Gasteiger partial charge in [-0.2, -0.15) is 0 Å². The van der Waals surface area contributed by atoms with Crippen LogP contribution in [0.5, 0.6) is 0 Å². The number of benzene rings is 7. The lowest BCUT2D eigenvalue weighted by atomic mass is 10.0. The third kappa shape index (κ3) is 3.59.